The Kier molecular flexibility index (Phi) is 2.79. The van der Waals surface area contributed by atoms with Crippen LogP contribution in [-0.4, -0.2) is 17.1 Å². The molecule has 17 heavy (non-hydrogen) atoms. The number of aromatic nitrogens is 2. The molecule has 4 heteroatoms. The number of hydrogen-bond acceptors (Lipinski definition) is 3. The highest BCUT2D eigenvalue weighted by Gasteiger charge is 2.13. The van der Waals surface area contributed by atoms with E-state index in [1.165, 1.54) is 5.56 Å². The van der Waals surface area contributed by atoms with Gasteiger partial charge >= 0.3 is 0 Å². The summed E-state index contributed by atoms with van der Waals surface area (Å²) in [7, 11) is 1.70. The first-order chi connectivity index (χ1) is 8.04. The summed E-state index contributed by atoms with van der Waals surface area (Å²) in [5.41, 5.74) is 11.1. The first-order valence-electron chi connectivity index (χ1n) is 5.50. The molecule has 0 saturated carbocycles. The van der Waals surface area contributed by atoms with Crippen molar-refractivity contribution in [2.45, 2.75) is 20.8 Å². The highest BCUT2D eigenvalue weighted by atomic mass is 16.5. The monoisotopic (exact) mass is 231 g/mol. The number of nitrogens with two attached hydrogens (primary N) is 1. The number of aryl methyl sites for hydroxylation is 1. The fourth-order valence-electron chi connectivity index (χ4n) is 2.13. The largest absolute Gasteiger partial charge is 0.496 e. The van der Waals surface area contributed by atoms with Gasteiger partial charge in [-0.2, -0.15) is 0 Å². The normalized spacial score (nSPS) is 10.6. The smallest absolute Gasteiger partial charge is 0.197 e. The molecule has 4 nitrogen and oxygen atoms in total. The Labute approximate surface area is 101 Å². The number of hydrogen-bond donors (Lipinski definition) is 2. The van der Waals surface area contributed by atoms with Gasteiger partial charge in [-0.3, -0.25) is 0 Å². The number of nitrogens with zero attached hydrogens (tertiary/aromatic N) is 1. The predicted octanol–water partition coefficient (Wildman–Crippen LogP) is 2.59. The van der Waals surface area contributed by atoms with Crippen molar-refractivity contribution in [2.24, 2.45) is 0 Å². The summed E-state index contributed by atoms with van der Waals surface area (Å²) < 4.78 is 5.40. The van der Waals surface area contributed by atoms with Gasteiger partial charge in [0.05, 0.1) is 19.0 Å². The van der Waals surface area contributed by atoms with Gasteiger partial charge in [-0.25, -0.2) is 4.98 Å². The van der Waals surface area contributed by atoms with Crippen molar-refractivity contribution in [1.29, 1.82) is 0 Å². The van der Waals surface area contributed by atoms with Crippen molar-refractivity contribution >= 4 is 5.95 Å². The van der Waals surface area contributed by atoms with Crippen LogP contribution >= 0.6 is 0 Å². The molecule has 0 fully saturated rings. The van der Waals surface area contributed by atoms with Gasteiger partial charge in [-0.05, 0) is 43.5 Å². The zero-order valence-electron chi connectivity index (χ0n) is 10.6. The number of nitrogen functional groups attached to an aromatic ring is 1. The molecule has 2 rings (SSSR count). The molecule has 0 radical (unpaired) electrons. The van der Waals surface area contributed by atoms with E-state index < -0.39 is 0 Å². The van der Waals surface area contributed by atoms with Crippen LogP contribution in [0, 0.1) is 20.8 Å². The van der Waals surface area contributed by atoms with Gasteiger partial charge in [-0.15, -0.1) is 0 Å². The Balaban J connectivity index is 2.64. The van der Waals surface area contributed by atoms with Crippen molar-refractivity contribution in [3.8, 4) is 17.0 Å². The SMILES string of the molecule is COc1c(C)cc(-c2cnc(N)[nH]2)c(C)c1C. The quantitative estimate of drug-likeness (QED) is 0.835. The number of benzene rings is 1. The molecule has 0 saturated heterocycles. The average molecular weight is 231 g/mol. The minimum absolute atomic E-state index is 0.436. The molecule has 90 valence electrons. The van der Waals surface area contributed by atoms with Crippen LogP contribution in [0.2, 0.25) is 0 Å². The number of imidazole rings is 1. The topological polar surface area (TPSA) is 63.9 Å². The van der Waals surface area contributed by atoms with Crippen LogP contribution in [0.15, 0.2) is 12.3 Å². The van der Waals surface area contributed by atoms with E-state index in [-0.39, 0.29) is 0 Å². The molecule has 0 amide bonds. The first-order valence-corrected chi connectivity index (χ1v) is 5.50. The summed E-state index contributed by atoms with van der Waals surface area (Å²) in [5, 5.41) is 0. The Morgan fingerprint density at radius 1 is 1.24 bits per heavy atom. The summed E-state index contributed by atoms with van der Waals surface area (Å²) in [4.78, 5) is 7.08. The van der Waals surface area contributed by atoms with Crippen LogP contribution in [0.4, 0.5) is 5.95 Å². The van der Waals surface area contributed by atoms with Gasteiger partial charge in [0, 0.05) is 5.56 Å². The van der Waals surface area contributed by atoms with Crippen molar-refractivity contribution in [3.63, 3.8) is 0 Å². The maximum Gasteiger partial charge on any atom is 0.197 e. The lowest BCUT2D eigenvalue weighted by Gasteiger charge is -2.14. The van der Waals surface area contributed by atoms with Gasteiger partial charge in [0.2, 0.25) is 0 Å². The lowest BCUT2D eigenvalue weighted by atomic mass is 9.97. The van der Waals surface area contributed by atoms with Gasteiger partial charge in [-0.1, -0.05) is 0 Å². The molecule has 0 atom stereocenters. The van der Waals surface area contributed by atoms with Crippen LogP contribution in [0.3, 0.4) is 0 Å². The maximum absolute atomic E-state index is 5.61. The molecule has 0 aliphatic heterocycles. The molecule has 2 aromatic rings. The Bertz CT molecular complexity index is 558. The number of nitrogens with one attached hydrogen (secondary N) is 1. The minimum atomic E-state index is 0.436. The van der Waals surface area contributed by atoms with Gasteiger partial charge in [0.25, 0.3) is 0 Å². The molecule has 0 bridgehead atoms. The number of anilines is 1. The molecule has 0 spiro atoms. The summed E-state index contributed by atoms with van der Waals surface area (Å²) in [6.07, 6.45) is 1.75. The molecule has 3 N–H and O–H groups in total. The third-order valence-electron chi connectivity index (χ3n) is 3.12. The third-order valence-corrected chi connectivity index (χ3v) is 3.12. The lowest BCUT2D eigenvalue weighted by Crippen LogP contribution is -1.96. The van der Waals surface area contributed by atoms with E-state index in [2.05, 4.69) is 29.9 Å². The second-order valence-corrected chi connectivity index (χ2v) is 4.21. The summed E-state index contributed by atoms with van der Waals surface area (Å²) in [5.74, 6) is 1.38. The fourth-order valence-corrected chi connectivity index (χ4v) is 2.13. The fraction of sp³-hybridized carbons (Fsp3) is 0.308. The van der Waals surface area contributed by atoms with E-state index in [1.54, 1.807) is 13.3 Å². The number of rotatable bonds is 2. The molecule has 0 unspecified atom stereocenters. The van der Waals surface area contributed by atoms with E-state index in [9.17, 15) is 0 Å². The second kappa shape index (κ2) is 4.13. The van der Waals surface area contributed by atoms with Crippen molar-refractivity contribution in [2.75, 3.05) is 12.8 Å². The highest BCUT2D eigenvalue weighted by molar-refractivity contribution is 5.69. The standard InChI is InChI=1S/C13H17N3O/c1-7-5-10(11-6-15-13(14)16-11)8(2)9(3)12(7)17-4/h5-6H,1-4H3,(H3,14,15,16). The van der Waals surface area contributed by atoms with Crippen LogP contribution in [0.5, 0.6) is 5.75 Å². The first kappa shape index (κ1) is 11.5. The highest BCUT2D eigenvalue weighted by Crippen LogP contribution is 2.33. The second-order valence-electron chi connectivity index (χ2n) is 4.21. The van der Waals surface area contributed by atoms with E-state index in [0.717, 1.165) is 28.1 Å². The Morgan fingerprint density at radius 2 is 1.94 bits per heavy atom. The van der Waals surface area contributed by atoms with Crippen LogP contribution in [0.25, 0.3) is 11.3 Å². The zero-order valence-corrected chi connectivity index (χ0v) is 10.6. The molecule has 1 heterocycles. The number of H-pyrrole nitrogens is 1. The molecular weight excluding hydrogens is 214 g/mol. The van der Waals surface area contributed by atoms with E-state index in [1.807, 2.05) is 6.92 Å². The number of methoxy groups -OCH3 is 1. The zero-order chi connectivity index (χ0) is 12.6. The number of ether oxygens (including phenoxy) is 1. The van der Waals surface area contributed by atoms with E-state index >= 15 is 0 Å². The van der Waals surface area contributed by atoms with Crippen molar-refractivity contribution in [1.82, 2.24) is 9.97 Å². The molecule has 1 aromatic carbocycles. The van der Waals surface area contributed by atoms with E-state index in [0.29, 0.717) is 5.95 Å². The summed E-state index contributed by atoms with van der Waals surface area (Å²) >= 11 is 0. The predicted molar refractivity (Wildman–Crippen MR) is 69.2 cm³/mol. The summed E-state index contributed by atoms with van der Waals surface area (Å²) in [6, 6.07) is 2.09. The van der Waals surface area contributed by atoms with Crippen LogP contribution in [0.1, 0.15) is 16.7 Å². The minimum Gasteiger partial charge on any atom is -0.496 e. The molecule has 1 aromatic heterocycles. The lowest BCUT2D eigenvalue weighted by molar-refractivity contribution is 0.408. The van der Waals surface area contributed by atoms with E-state index in [4.69, 9.17) is 10.5 Å². The Hall–Kier alpha value is -1.97. The molecule has 0 aliphatic rings. The number of aromatic amines is 1. The molecular formula is C13H17N3O. The molecule has 0 aliphatic carbocycles. The maximum atomic E-state index is 5.61. The van der Waals surface area contributed by atoms with Gasteiger partial charge in [0.15, 0.2) is 5.95 Å². The van der Waals surface area contributed by atoms with Crippen molar-refractivity contribution in [3.05, 3.63) is 29.0 Å². The van der Waals surface area contributed by atoms with Crippen LogP contribution in [-0.2, 0) is 0 Å². The third kappa shape index (κ3) is 1.86. The summed E-state index contributed by atoms with van der Waals surface area (Å²) in [6.45, 7) is 6.17. The van der Waals surface area contributed by atoms with Gasteiger partial charge < -0.3 is 15.5 Å². The van der Waals surface area contributed by atoms with Gasteiger partial charge in [0.1, 0.15) is 5.75 Å². The Morgan fingerprint density at radius 3 is 2.47 bits per heavy atom. The van der Waals surface area contributed by atoms with Crippen LogP contribution < -0.4 is 10.5 Å². The van der Waals surface area contributed by atoms with Crippen molar-refractivity contribution < 1.29 is 4.74 Å². The average Bonchev–Trinajstić information content (AvgIpc) is 2.71.